The van der Waals surface area contributed by atoms with Crippen molar-refractivity contribution in [1.82, 2.24) is 15.1 Å². The molecule has 4 nitrogen and oxygen atoms in total. The summed E-state index contributed by atoms with van der Waals surface area (Å²) in [6.07, 6.45) is 1.61. The maximum atomic E-state index is 13.5. The van der Waals surface area contributed by atoms with Crippen molar-refractivity contribution in [2.75, 3.05) is 18.8 Å². The van der Waals surface area contributed by atoms with Gasteiger partial charge in [0.05, 0.1) is 17.4 Å². The normalized spacial score (nSPS) is 27.9. The van der Waals surface area contributed by atoms with E-state index in [1.54, 1.807) is 10.9 Å². The number of halogens is 1. The third kappa shape index (κ3) is 1.59. The molecule has 14 heavy (non-hydrogen) atoms. The number of nitrogens with one attached hydrogen (secondary N) is 1. The largest absolute Gasteiger partial charge is 0.396 e. The van der Waals surface area contributed by atoms with Crippen molar-refractivity contribution in [3.05, 3.63) is 11.9 Å². The van der Waals surface area contributed by atoms with Gasteiger partial charge in [-0.3, -0.25) is 4.68 Å². The highest BCUT2D eigenvalue weighted by Gasteiger charge is 2.26. The van der Waals surface area contributed by atoms with Crippen molar-refractivity contribution in [2.45, 2.75) is 25.6 Å². The van der Waals surface area contributed by atoms with Gasteiger partial charge in [-0.05, 0) is 19.9 Å². The minimum Gasteiger partial charge on any atom is -0.396 e. The van der Waals surface area contributed by atoms with Crippen molar-refractivity contribution in [2.24, 2.45) is 0 Å². The molecule has 2 rings (SSSR count). The third-order valence-corrected chi connectivity index (χ3v) is 2.67. The molecule has 2 atom stereocenters. The lowest BCUT2D eigenvalue weighted by atomic mass is 10.1. The van der Waals surface area contributed by atoms with E-state index in [1.807, 2.05) is 6.92 Å². The first-order valence-corrected chi connectivity index (χ1v) is 4.84. The van der Waals surface area contributed by atoms with Gasteiger partial charge in [-0.2, -0.15) is 5.10 Å². The van der Waals surface area contributed by atoms with Crippen molar-refractivity contribution < 1.29 is 4.39 Å². The first kappa shape index (κ1) is 9.45. The minimum absolute atomic E-state index is 0.160. The standard InChI is InChI=1S/C9H15FN4/c1-6-8(11)5-14(13-6)9-2-3-12-4-7(9)10/h5,7,9,12H,2-4,11H2,1H3. The molecule has 0 saturated carbocycles. The van der Waals surface area contributed by atoms with E-state index < -0.39 is 6.17 Å². The van der Waals surface area contributed by atoms with Crippen molar-refractivity contribution in [1.29, 1.82) is 0 Å². The molecule has 1 fully saturated rings. The Morgan fingerprint density at radius 3 is 3.07 bits per heavy atom. The summed E-state index contributed by atoms with van der Waals surface area (Å²) in [6.45, 7) is 3.08. The summed E-state index contributed by atoms with van der Waals surface area (Å²) in [7, 11) is 0. The number of rotatable bonds is 1. The fourth-order valence-electron chi connectivity index (χ4n) is 1.77. The number of anilines is 1. The predicted octanol–water partition coefficient (Wildman–Crippen LogP) is 0.646. The number of hydrogen-bond acceptors (Lipinski definition) is 3. The van der Waals surface area contributed by atoms with Crippen LogP contribution in [0.25, 0.3) is 0 Å². The first-order chi connectivity index (χ1) is 6.68. The van der Waals surface area contributed by atoms with Crippen LogP contribution < -0.4 is 11.1 Å². The lowest BCUT2D eigenvalue weighted by Crippen LogP contribution is -2.39. The zero-order chi connectivity index (χ0) is 10.1. The second-order valence-corrected chi connectivity index (χ2v) is 3.73. The molecule has 0 radical (unpaired) electrons. The molecule has 78 valence electrons. The van der Waals surface area contributed by atoms with Gasteiger partial charge in [-0.1, -0.05) is 0 Å². The molecule has 0 amide bonds. The van der Waals surface area contributed by atoms with Crippen LogP contribution in [-0.2, 0) is 0 Å². The summed E-state index contributed by atoms with van der Waals surface area (Å²) >= 11 is 0. The number of alkyl halides is 1. The Hall–Kier alpha value is -1.10. The number of nitrogen functional groups attached to an aromatic ring is 1. The minimum atomic E-state index is -0.873. The zero-order valence-corrected chi connectivity index (χ0v) is 8.20. The number of hydrogen-bond donors (Lipinski definition) is 2. The monoisotopic (exact) mass is 198 g/mol. The molecule has 1 saturated heterocycles. The van der Waals surface area contributed by atoms with E-state index >= 15 is 0 Å². The third-order valence-electron chi connectivity index (χ3n) is 2.67. The first-order valence-electron chi connectivity index (χ1n) is 4.84. The highest BCUT2D eigenvalue weighted by Crippen LogP contribution is 2.22. The molecule has 0 aliphatic carbocycles. The molecule has 5 heteroatoms. The van der Waals surface area contributed by atoms with E-state index in [0.29, 0.717) is 12.2 Å². The average molecular weight is 198 g/mol. The number of aryl methyl sites for hydroxylation is 1. The molecule has 3 N–H and O–H groups in total. The van der Waals surface area contributed by atoms with E-state index in [0.717, 1.165) is 18.7 Å². The summed E-state index contributed by atoms with van der Waals surface area (Å²) in [5.41, 5.74) is 7.08. The lowest BCUT2D eigenvalue weighted by molar-refractivity contribution is 0.173. The average Bonchev–Trinajstić information content (AvgIpc) is 2.48. The predicted molar refractivity (Wildman–Crippen MR) is 52.8 cm³/mol. The maximum absolute atomic E-state index is 13.5. The van der Waals surface area contributed by atoms with Gasteiger partial charge in [0.15, 0.2) is 0 Å². The Labute approximate surface area is 82.3 Å². The van der Waals surface area contributed by atoms with Gasteiger partial charge >= 0.3 is 0 Å². The molecule has 2 heterocycles. The van der Waals surface area contributed by atoms with Crippen LogP contribution in [-0.4, -0.2) is 29.0 Å². The van der Waals surface area contributed by atoms with E-state index in [9.17, 15) is 4.39 Å². The molecule has 0 aromatic carbocycles. The fourth-order valence-corrected chi connectivity index (χ4v) is 1.77. The van der Waals surface area contributed by atoms with Crippen molar-refractivity contribution in [3.8, 4) is 0 Å². The molecule has 2 unspecified atom stereocenters. The van der Waals surface area contributed by atoms with Crippen LogP contribution >= 0.6 is 0 Å². The second kappa shape index (κ2) is 3.57. The van der Waals surface area contributed by atoms with Crippen LogP contribution in [0.4, 0.5) is 10.1 Å². The Balaban J connectivity index is 2.20. The molecule has 1 aromatic heterocycles. The van der Waals surface area contributed by atoms with Gasteiger partial charge in [0, 0.05) is 12.7 Å². The summed E-state index contributed by atoms with van der Waals surface area (Å²) in [6, 6.07) is -0.160. The summed E-state index contributed by atoms with van der Waals surface area (Å²) in [5, 5.41) is 7.22. The molecule has 1 aliphatic rings. The Bertz CT molecular complexity index is 303. The summed E-state index contributed by atoms with van der Waals surface area (Å²) < 4.78 is 15.2. The van der Waals surface area contributed by atoms with Gasteiger partial charge in [0.25, 0.3) is 0 Å². The molecular formula is C9H15FN4. The maximum Gasteiger partial charge on any atom is 0.135 e. The Morgan fingerprint density at radius 2 is 2.50 bits per heavy atom. The fraction of sp³-hybridized carbons (Fsp3) is 0.667. The topological polar surface area (TPSA) is 55.9 Å². The summed E-state index contributed by atoms with van der Waals surface area (Å²) in [4.78, 5) is 0. The van der Waals surface area contributed by atoms with Gasteiger partial charge in [-0.15, -0.1) is 0 Å². The second-order valence-electron chi connectivity index (χ2n) is 3.73. The Morgan fingerprint density at radius 1 is 1.71 bits per heavy atom. The molecular weight excluding hydrogens is 183 g/mol. The molecule has 1 aromatic rings. The summed E-state index contributed by atoms with van der Waals surface area (Å²) in [5.74, 6) is 0. The number of nitrogens with zero attached hydrogens (tertiary/aromatic N) is 2. The van der Waals surface area contributed by atoms with Crippen LogP contribution in [0.15, 0.2) is 6.20 Å². The van der Waals surface area contributed by atoms with Crippen LogP contribution in [0.2, 0.25) is 0 Å². The zero-order valence-electron chi connectivity index (χ0n) is 8.20. The molecule has 1 aliphatic heterocycles. The SMILES string of the molecule is Cc1nn(C2CCNCC2F)cc1N. The van der Waals surface area contributed by atoms with Crippen LogP contribution in [0.5, 0.6) is 0 Å². The van der Waals surface area contributed by atoms with E-state index in [2.05, 4.69) is 10.4 Å². The highest BCUT2D eigenvalue weighted by atomic mass is 19.1. The van der Waals surface area contributed by atoms with E-state index in [1.165, 1.54) is 0 Å². The van der Waals surface area contributed by atoms with E-state index in [4.69, 9.17) is 5.73 Å². The van der Waals surface area contributed by atoms with Crippen LogP contribution in [0.1, 0.15) is 18.2 Å². The van der Waals surface area contributed by atoms with E-state index in [-0.39, 0.29) is 6.04 Å². The van der Waals surface area contributed by atoms with Gasteiger partial charge in [-0.25, -0.2) is 4.39 Å². The lowest BCUT2D eigenvalue weighted by Gasteiger charge is -2.26. The van der Waals surface area contributed by atoms with Crippen molar-refractivity contribution in [3.63, 3.8) is 0 Å². The Kier molecular flexibility index (Phi) is 2.41. The molecule has 0 spiro atoms. The van der Waals surface area contributed by atoms with Gasteiger partial charge in [0.2, 0.25) is 0 Å². The van der Waals surface area contributed by atoms with Crippen LogP contribution in [0.3, 0.4) is 0 Å². The number of nitrogens with two attached hydrogens (primary N) is 1. The quantitative estimate of drug-likeness (QED) is 0.696. The number of aromatic nitrogens is 2. The highest BCUT2D eigenvalue weighted by molar-refractivity contribution is 5.39. The molecule has 0 bridgehead atoms. The van der Waals surface area contributed by atoms with Gasteiger partial charge < -0.3 is 11.1 Å². The van der Waals surface area contributed by atoms with Crippen molar-refractivity contribution >= 4 is 5.69 Å². The number of piperidine rings is 1. The van der Waals surface area contributed by atoms with Gasteiger partial charge in [0.1, 0.15) is 6.17 Å². The smallest absolute Gasteiger partial charge is 0.135 e. The van der Waals surface area contributed by atoms with Crippen LogP contribution in [0, 0.1) is 6.92 Å².